The van der Waals surface area contributed by atoms with Crippen LogP contribution in [0.2, 0.25) is 0 Å². The predicted octanol–water partition coefficient (Wildman–Crippen LogP) is 6.10. The average molecular weight is 562 g/mol. The van der Waals surface area contributed by atoms with Crippen LogP contribution >= 0.6 is 11.8 Å². The number of hydrogen-bond donors (Lipinski definition) is 1. The van der Waals surface area contributed by atoms with Crippen LogP contribution in [0.1, 0.15) is 29.4 Å². The summed E-state index contributed by atoms with van der Waals surface area (Å²) in [6.07, 6.45) is 1.54. The van der Waals surface area contributed by atoms with Gasteiger partial charge in [-0.3, -0.25) is 0 Å². The highest BCUT2D eigenvalue weighted by molar-refractivity contribution is 7.98. The molecule has 0 spiro atoms. The number of rotatable bonds is 10. The first kappa shape index (κ1) is 27.5. The third-order valence-electron chi connectivity index (χ3n) is 6.94. The minimum atomic E-state index is -0.921. The lowest BCUT2D eigenvalue weighted by Gasteiger charge is -2.37. The van der Waals surface area contributed by atoms with Crippen LogP contribution in [0.5, 0.6) is 11.5 Å². The molecule has 208 valence electrons. The van der Waals surface area contributed by atoms with Gasteiger partial charge in [-0.25, -0.2) is 4.79 Å². The quantitative estimate of drug-likeness (QED) is 0.230. The van der Waals surface area contributed by atoms with Gasteiger partial charge in [-0.15, -0.1) is 11.8 Å². The fraction of sp³-hybridized carbons (Fsp3) is 0.300. The van der Waals surface area contributed by atoms with Gasteiger partial charge < -0.3 is 28.7 Å². The van der Waals surface area contributed by atoms with Crippen molar-refractivity contribution in [2.24, 2.45) is 0 Å². The lowest BCUT2D eigenvalue weighted by molar-refractivity contribution is -0.0199. The topological polar surface area (TPSA) is 107 Å². The van der Waals surface area contributed by atoms with E-state index < -0.39 is 6.09 Å². The SMILES string of the molecule is COc1ccccc1-c1noc(COc2ccc(C3CCN(C(=O)O)CC3OCc3ccc(SC)cc3)cc2)n1. The molecule has 1 aromatic heterocycles. The summed E-state index contributed by atoms with van der Waals surface area (Å²) < 4.78 is 22.9. The number of ether oxygens (including phenoxy) is 3. The second-order valence-electron chi connectivity index (χ2n) is 9.39. The molecule has 4 aromatic rings. The first-order chi connectivity index (χ1) is 19.5. The number of benzene rings is 3. The summed E-state index contributed by atoms with van der Waals surface area (Å²) in [5.74, 6) is 2.18. The number of carboxylic acid groups (broad SMARTS) is 1. The van der Waals surface area contributed by atoms with Crippen molar-refractivity contribution in [3.63, 3.8) is 0 Å². The molecule has 0 saturated carbocycles. The van der Waals surface area contributed by atoms with Crippen LogP contribution in [-0.4, -0.2) is 58.8 Å². The summed E-state index contributed by atoms with van der Waals surface area (Å²) >= 11 is 1.69. The zero-order chi connectivity index (χ0) is 27.9. The highest BCUT2D eigenvalue weighted by Crippen LogP contribution is 2.33. The molecule has 2 atom stereocenters. The highest BCUT2D eigenvalue weighted by atomic mass is 32.2. The molecule has 1 fully saturated rings. The predicted molar refractivity (Wildman–Crippen MR) is 151 cm³/mol. The lowest BCUT2D eigenvalue weighted by Crippen LogP contribution is -2.46. The summed E-state index contributed by atoms with van der Waals surface area (Å²) in [5, 5.41) is 13.6. The van der Waals surface area contributed by atoms with E-state index in [2.05, 4.69) is 22.3 Å². The van der Waals surface area contributed by atoms with Gasteiger partial charge in [-0.2, -0.15) is 4.98 Å². The molecule has 5 rings (SSSR count). The van der Waals surface area contributed by atoms with Crippen molar-refractivity contribution >= 4 is 17.9 Å². The minimum Gasteiger partial charge on any atom is -0.496 e. The largest absolute Gasteiger partial charge is 0.496 e. The van der Waals surface area contributed by atoms with Crippen LogP contribution in [0.25, 0.3) is 11.4 Å². The Kier molecular flexibility index (Phi) is 8.87. The molecule has 2 heterocycles. The number of hydrogen-bond acceptors (Lipinski definition) is 8. The van der Waals surface area contributed by atoms with Crippen LogP contribution in [-0.2, 0) is 18.0 Å². The first-order valence-electron chi connectivity index (χ1n) is 12.9. The van der Waals surface area contributed by atoms with Crippen molar-refractivity contribution in [2.45, 2.75) is 36.6 Å². The standard InChI is InChI=1S/C30H31N3O6S/c1-36-26-6-4-3-5-25(26)29-31-28(39-32-29)19-37-22-11-9-21(10-12-22)24-15-16-33(30(34)35)17-27(24)38-18-20-7-13-23(40-2)14-8-20/h3-14,24,27H,15-19H2,1-2H3,(H,34,35). The Bertz CT molecular complexity index is 1410. The molecule has 9 nitrogen and oxygen atoms in total. The van der Waals surface area contributed by atoms with Gasteiger partial charge in [0.15, 0.2) is 6.61 Å². The van der Waals surface area contributed by atoms with Crippen molar-refractivity contribution < 1.29 is 28.6 Å². The Labute approximate surface area is 237 Å². The van der Waals surface area contributed by atoms with Crippen LogP contribution in [0.3, 0.4) is 0 Å². The number of methoxy groups -OCH3 is 1. The van der Waals surface area contributed by atoms with Gasteiger partial charge in [0.1, 0.15) is 11.5 Å². The zero-order valence-corrected chi connectivity index (χ0v) is 23.2. The number of piperidine rings is 1. The number of carbonyl (C=O) groups is 1. The van der Waals surface area contributed by atoms with Gasteiger partial charge in [-0.05, 0) is 60.2 Å². The number of aromatic nitrogens is 2. The molecule has 1 aliphatic heterocycles. The van der Waals surface area contributed by atoms with E-state index in [1.54, 1.807) is 18.9 Å². The molecule has 0 bridgehead atoms. The average Bonchev–Trinajstić information content (AvgIpc) is 3.48. The number of amides is 1. The van der Waals surface area contributed by atoms with Crippen LogP contribution in [0.4, 0.5) is 4.79 Å². The molecule has 2 unspecified atom stereocenters. The molecule has 0 aliphatic carbocycles. The van der Waals surface area contributed by atoms with Crippen LogP contribution < -0.4 is 9.47 Å². The second-order valence-corrected chi connectivity index (χ2v) is 10.3. The molecule has 10 heteroatoms. The van der Waals surface area contributed by atoms with Gasteiger partial charge in [0, 0.05) is 17.4 Å². The summed E-state index contributed by atoms with van der Waals surface area (Å²) in [7, 11) is 1.60. The van der Waals surface area contributed by atoms with E-state index in [-0.39, 0.29) is 18.6 Å². The third kappa shape index (κ3) is 6.57. The number of likely N-dealkylation sites (tertiary alicyclic amines) is 1. The number of nitrogens with zero attached hydrogens (tertiary/aromatic N) is 3. The summed E-state index contributed by atoms with van der Waals surface area (Å²) in [6, 6.07) is 23.5. The van der Waals surface area contributed by atoms with E-state index >= 15 is 0 Å². The zero-order valence-electron chi connectivity index (χ0n) is 22.4. The van der Waals surface area contributed by atoms with Gasteiger partial charge in [-0.1, -0.05) is 41.6 Å². The van der Waals surface area contributed by atoms with Crippen molar-refractivity contribution in [1.82, 2.24) is 15.0 Å². The fourth-order valence-electron chi connectivity index (χ4n) is 4.77. The maximum absolute atomic E-state index is 11.7. The molecular weight excluding hydrogens is 530 g/mol. The van der Waals surface area contributed by atoms with E-state index in [4.69, 9.17) is 18.7 Å². The van der Waals surface area contributed by atoms with Crippen LogP contribution in [0.15, 0.2) is 82.2 Å². The molecular formula is C30H31N3O6S. The molecule has 1 saturated heterocycles. The second kappa shape index (κ2) is 12.9. The molecule has 40 heavy (non-hydrogen) atoms. The monoisotopic (exact) mass is 561 g/mol. The first-order valence-corrected chi connectivity index (χ1v) is 14.2. The third-order valence-corrected chi connectivity index (χ3v) is 7.68. The lowest BCUT2D eigenvalue weighted by atomic mass is 9.87. The van der Waals surface area contributed by atoms with E-state index in [0.29, 0.717) is 49.3 Å². The van der Waals surface area contributed by atoms with Crippen molar-refractivity contribution in [1.29, 1.82) is 0 Å². The molecule has 3 aromatic carbocycles. The van der Waals surface area contributed by atoms with Gasteiger partial charge >= 0.3 is 6.09 Å². The summed E-state index contributed by atoms with van der Waals surface area (Å²) in [4.78, 5) is 18.7. The maximum atomic E-state index is 11.7. The van der Waals surface area contributed by atoms with Crippen molar-refractivity contribution in [3.05, 3.63) is 89.8 Å². The van der Waals surface area contributed by atoms with Crippen molar-refractivity contribution in [2.75, 3.05) is 26.5 Å². The van der Waals surface area contributed by atoms with E-state index in [0.717, 1.165) is 16.7 Å². The number of thioether (sulfide) groups is 1. The summed E-state index contributed by atoms with van der Waals surface area (Å²) in [5.41, 5.74) is 2.88. The molecule has 1 amide bonds. The minimum absolute atomic E-state index is 0.0643. The maximum Gasteiger partial charge on any atom is 0.407 e. The summed E-state index contributed by atoms with van der Waals surface area (Å²) in [6.45, 7) is 1.34. The highest BCUT2D eigenvalue weighted by Gasteiger charge is 2.33. The van der Waals surface area contributed by atoms with Crippen molar-refractivity contribution in [3.8, 4) is 22.9 Å². The van der Waals surface area contributed by atoms with Gasteiger partial charge in [0.05, 0.1) is 31.9 Å². The Morgan fingerprint density at radius 1 is 1.07 bits per heavy atom. The van der Waals surface area contributed by atoms with Crippen LogP contribution in [0, 0.1) is 0 Å². The Morgan fingerprint density at radius 3 is 2.58 bits per heavy atom. The smallest absolute Gasteiger partial charge is 0.407 e. The van der Waals surface area contributed by atoms with Gasteiger partial charge in [0.2, 0.25) is 5.82 Å². The Hall–Kier alpha value is -4.02. The van der Waals surface area contributed by atoms with E-state index in [1.807, 2.05) is 66.9 Å². The Balaban J connectivity index is 1.22. The van der Waals surface area contributed by atoms with E-state index in [1.165, 1.54) is 9.80 Å². The number of para-hydroxylation sites is 1. The van der Waals surface area contributed by atoms with E-state index in [9.17, 15) is 9.90 Å². The molecule has 1 aliphatic rings. The van der Waals surface area contributed by atoms with Gasteiger partial charge in [0.25, 0.3) is 5.89 Å². The normalized spacial score (nSPS) is 17.0. The fourth-order valence-corrected chi connectivity index (χ4v) is 5.18. The Morgan fingerprint density at radius 2 is 1.85 bits per heavy atom. The molecule has 0 radical (unpaired) electrons. The molecule has 1 N–H and O–H groups in total.